The van der Waals surface area contributed by atoms with Crippen molar-refractivity contribution >= 4 is 17.8 Å². The number of hydrogen-bond acceptors (Lipinski definition) is 7. The number of amides is 2. The second-order valence-corrected chi connectivity index (χ2v) is 6.75. The molecule has 1 unspecified atom stereocenters. The Balaban J connectivity index is 1.95. The highest BCUT2D eigenvalue weighted by molar-refractivity contribution is 5.96. The maximum Gasteiger partial charge on any atom is 0.328 e. The molecule has 0 saturated carbocycles. The lowest BCUT2D eigenvalue weighted by Crippen LogP contribution is -2.44. The van der Waals surface area contributed by atoms with Gasteiger partial charge in [0.05, 0.1) is 28.4 Å². The number of rotatable bonds is 11. The monoisotopic (exact) mass is 444 g/mol. The van der Waals surface area contributed by atoms with Crippen LogP contribution in [0.4, 0.5) is 0 Å². The van der Waals surface area contributed by atoms with E-state index in [4.69, 9.17) is 18.9 Å². The maximum absolute atomic E-state index is 12.5. The van der Waals surface area contributed by atoms with Crippen LogP contribution in [0.15, 0.2) is 42.5 Å². The van der Waals surface area contributed by atoms with Crippen molar-refractivity contribution in [2.45, 2.75) is 18.9 Å². The topological polar surface area (TPSA) is 112 Å². The summed E-state index contributed by atoms with van der Waals surface area (Å²) in [6, 6.07) is 11.5. The lowest BCUT2D eigenvalue weighted by atomic mass is 10.1. The first-order chi connectivity index (χ1) is 15.4. The summed E-state index contributed by atoms with van der Waals surface area (Å²) < 4.78 is 20.5. The number of hydrogen-bond donors (Lipinski definition) is 2. The molecule has 9 nitrogen and oxygen atoms in total. The van der Waals surface area contributed by atoms with Gasteiger partial charge in [-0.15, -0.1) is 0 Å². The predicted molar refractivity (Wildman–Crippen MR) is 117 cm³/mol. The molecular formula is C23H28N2O7. The summed E-state index contributed by atoms with van der Waals surface area (Å²) in [5.74, 6) is -0.276. The van der Waals surface area contributed by atoms with Crippen molar-refractivity contribution in [3.05, 3.63) is 53.6 Å². The van der Waals surface area contributed by atoms with Crippen LogP contribution >= 0.6 is 0 Å². The van der Waals surface area contributed by atoms with Crippen LogP contribution in [0.2, 0.25) is 0 Å². The van der Waals surface area contributed by atoms with E-state index in [0.29, 0.717) is 23.7 Å². The largest absolute Gasteiger partial charge is 0.493 e. The Bertz CT molecular complexity index is 906. The Kier molecular flexibility index (Phi) is 9.34. The van der Waals surface area contributed by atoms with Crippen molar-refractivity contribution in [1.29, 1.82) is 0 Å². The molecule has 0 spiro atoms. The Labute approximate surface area is 187 Å². The van der Waals surface area contributed by atoms with Crippen LogP contribution in [0.3, 0.4) is 0 Å². The molecule has 0 heterocycles. The highest BCUT2D eigenvalue weighted by Gasteiger charge is 2.22. The average molecular weight is 444 g/mol. The van der Waals surface area contributed by atoms with Crippen LogP contribution in [0.1, 0.15) is 22.3 Å². The normalized spacial score (nSPS) is 11.1. The number of carbonyl (C=O) groups is 3. The quantitative estimate of drug-likeness (QED) is 0.508. The van der Waals surface area contributed by atoms with Crippen LogP contribution in [-0.4, -0.2) is 58.8 Å². The first-order valence-corrected chi connectivity index (χ1v) is 9.92. The summed E-state index contributed by atoms with van der Waals surface area (Å²) in [6.45, 7) is 0.0700. The predicted octanol–water partition coefficient (Wildman–Crippen LogP) is 1.73. The first kappa shape index (κ1) is 24.5. The summed E-state index contributed by atoms with van der Waals surface area (Å²) in [6.07, 6.45) is 0.287. The van der Waals surface area contributed by atoms with E-state index in [2.05, 4.69) is 10.6 Å². The minimum absolute atomic E-state index is 0.0154. The van der Waals surface area contributed by atoms with E-state index in [1.165, 1.54) is 40.6 Å². The molecule has 172 valence electrons. The summed E-state index contributed by atoms with van der Waals surface area (Å²) >= 11 is 0. The van der Waals surface area contributed by atoms with Crippen molar-refractivity contribution in [3.63, 3.8) is 0 Å². The number of esters is 1. The van der Waals surface area contributed by atoms with Gasteiger partial charge in [0, 0.05) is 24.9 Å². The molecule has 0 aliphatic rings. The minimum Gasteiger partial charge on any atom is -0.493 e. The molecule has 9 heteroatoms. The van der Waals surface area contributed by atoms with Gasteiger partial charge in [-0.05, 0) is 17.7 Å². The van der Waals surface area contributed by atoms with Crippen molar-refractivity contribution in [3.8, 4) is 17.2 Å². The number of benzene rings is 2. The van der Waals surface area contributed by atoms with E-state index in [9.17, 15) is 14.4 Å². The number of ether oxygens (including phenoxy) is 4. The molecule has 0 aliphatic heterocycles. The van der Waals surface area contributed by atoms with E-state index in [1.807, 2.05) is 30.3 Å². The Hall–Kier alpha value is -3.75. The zero-order chi connectivity index (χ0) is 23.5. The highest BCUT2D eigenvalue weighted by Crippen LogP contribution is 2.38. The number of methoxy groups -OCH3 is 4. The van der Waals surface area contributed by atoms with Gasteiger partial charge in [-0.25, -0.2) is 4.79 Å². The Morgan fingerprint density at radius 2 is 1.53 bits per heavy atom. The van der Waals surface area contributed by atoms with Crippen molar-refractivity contribution in [2.75, 3.05) is 35.0 Å². The molecule has 0 bridgehead atoms. The second kappa shape index (κ2) is 12.2. The lowest BCUT2D eigenvalue weighted by molar-refractivity contribution is -0.145. The number of carbonyl (C=O) groups excluding carboxylic acids is 3. The molecule has 0 aliphatic carbocycles. The fourth-order valence-corrected chi connectivity index (χ4v) is 3.06. The molecule has 2 amide bonds. The standard InChI is InChI=1S/C23H28N2O7/c1-29-18-13-16(14-19(30-2)21(18)31-3)22(27)24-11-10-20(26)25-17(23(28)32-4)12-15-8-6-5-7-9-15/h5-9,13-14,17H,10-12H2,1-4H3,(H,24,27)(H,25,26). The fraction of sp³-hybridized carbons (Fsp3) is 0.348. The second-order valence-electron chi connectivity index (χ2n) is 6.75. The van der Waals surface area contributed by atoms with Gasteiger partial charge in [0.25, 0.3) is 5.91 Å². The molecule has 2 rings (SSSR count). The fourth-order valence-electron chi connectivity index (χ4n) is 3.06. The molecule has 0 aromatic heterocycles. The van der Waals surface area contributed by atoms with Gasteiger partial charge in [-0.2, -0.15) is 0 Å². The van der Waals surface area contributed by atoms with Gasteiger partial charge in [0.1, 0.15) is 6.04 Å². The molecule has 32 heavy (non-hydrogen) atoms. The van der Waals surface area contributed by atoms with Crippen molar-refractivity contribution < 1.29 is 33.3 Å². The molecule has 0 saturated heterocycles. The van der Waals surface area contributed by atoms with Gasteiger partial charge in [-0.3, -0.25) is 9.59 Å². The van der Waals surface area contributed by atoms with E-state index in [0.717, 1.165) is 5.56 Å². The Morgan fingerprint density at radius 1 is 0.906 bits per heavy atom. The minimum atomic E-state index is -0.819. The van der Waals surface area contributed by atoms with Gasteiger partial charge in [0.15, 0.2) is 11.5 Å². The smallest absolute Gasteiger partial charge is 0.328 e. The zero-order valence-corrected chi connectivity index (χ0v) is 18.6. The van der Waals surface area contributed by atoms with Crippen LogP contribution in [0.5, 0.6) is 17.2 Å². The van der Waals surface area contributed by atoms with Crippen LogP contribution in [0.25, 0.3) is 0 Å². The zero-order valence-electron chi connectivity index (χ0n) is 18.6. The molecule has 0 fully saturated rings. The third-order valence-corrected chi connectivity index (χ3v) is 4.67. The summed E-state index contributed by atoms with van der Waals surface area (Å²) in [4.78, 5) is 36.9. The molecule has 1 atom stereocenters. The van der Waals surface area contributed by atoms with Crippen molar-refractivity contribution in [1.82, 2.24) is 10.6 Å². The summed E-state index contributed by atoms with van der Waals surface area (Å²) in [5, 5.41) is 5.33. The third kappa shape index (κ3) is 6.63. The molecular weight excluding hydrogens is 416 g/mol. The van der Waals surface area contributed by atoms with E-state index in [1.54, 1.807) is 0 Å². The lowest BCUT2D eigenvalue weighted by Gasteiger charge is -2.17. The average Bonchev–Trinajstić information content (AvgIpc) is 2.82. The van der Waals surface area contributed by atoms with Gasteiger partial charge in [-0.1, -0.05) is 30.3 Å². The maximum atomic E-state index is 12.5. The highest BCUT2D eigenvalue weighted by atomic mass is 16.5. The van der Waals surface area contributed by atoms with Crippen LogP contribution in [0, 0.1) is 0 Å². The SMILES string of the molecule is COC(=O)C(Cc1ccccc1)NC(=O)CCNC(=O)c1cc(OC)c(OC)c(OC)c1. The van der Waals surface area contributed by atoms with E-state index in [-0.39, 0.29) is 24.4 Å². The van der Waals surface area contributed by atoms with Crippen molar-refractivity contribution in [2.24, 2.45) is 0 Å². The summed E-state index contributed by atoms with van der Waals surface area (Å²) in [7, 11) is 5.65. The number of nitrogens with one attached hydrogen (secondary N) is 2. The van der Waals surface area contributed by atoms with Gasteiger partial charge >= 0.3 is 5.97 Å². The van der Waals surface area contributed by atoms with Crippen LogP contribution in [-0.2, 0) is 20.7 Å². The molecule has 2 N–H and O–H groups in total. The molecule has 2 aromatic rings. The molecule has 0 radical (unpaired) electrons. The van der Waals surface area contributed by atoms with Gasteiger partial charge in [0.2, 0.25) is 11.7 Å². The first-order valence-electron chi connectivity index (χ1n) is 9.92. The van der Waals surface area contributed by atoms with E-state index >= 15 is 0 Å². The van der Waals surface area contributed by atoms with E-state index < -0.39 is 17.9 Å². The molecule has 2 aromatic carbocycles. The van der Waals surface area contributed by atoms with Gasteiger partial charge < -0.3 is 29.6 Å². The Morgan fingerprint density at radius 3 is 2.06 bits per heavy atom. The van der Waals surface area contributed by atoms with Crippen LogP contribution < -0.4 is 24.8 Å². The summed E-state index contributed by atoms with van der Waals surface area (Å²) in [5.41, 5.74) is 1.18. The third-order valence-electron chi connectivity index (χ3n) is 4.67.